The minimum absolute atomic E-state index is 0.658. The maximum atomic E-state index is 5.25. The van der Waals surface area contributed by atoms with Gasteiger partial charge in [-0.15, -0.1) is 0 Å². The third-order valence-corrected chi connectivity index (χ3v) is 3.04. The Hall–Kier alpha value is -0.0400. The summed E-state index contributed by atoms with van der Waals surface area (Å²) in [5, 5.41) is 0. The summed E-state index contributed by atoms with van der Waals surface area (Å²) in [6, 6.07) is 0. The van der Waals surface area contributed by atoms with Crippen LogP contribution in [0.15, 0.2) is 0 Å². The fourth-order valence-corrected chi connectivity index (χ4v) is 2.35. The number of epoxide rings is 1. The molecule has 1 saturated carbocycles. The van der Waals surface area contributed by atoms with Crippen molar-refractivity contribution < 1.29 is 4.74 Å². The van der Waals surface area contributed by atoms with E-state index in [0.29, 0.717) is 6.10 Å². The van der Waals surface area contributed by atoms with E-state index in [-0.39, 0.29) is 0 Å². The molecule has 1 aliphatic carbocycles. The highest BCUT2D eigenvalue weighted by Gasteiger charge is 2.28. The van der Waals surface area contributed by atoms with E-state index < -0.39 is 0 Å². The van der Waals surface area contributed by atoms with E-state index in [2.05, 4.69) is 6.92 Å². The lowest BCUT2D eigenvalue weighted by molar-refractivity contribution is 0.246. The van der Waals surface area contributed by atoms with Crippen molar-refractivity contribution in [1.29, 1.82) is 0 Å². The van der Waals surface area contributed by atoms with Crippen LogP contribution in [0.2, 0.25) is 0 Å². The van der Waals surface area contributed by atoms with E-state index in [1.807, 2.05) is 0 Å². The van der Waals surface area contributed by atoms with Crippen molar-refractivity contribution in [1.82, 2.24) is 0 Å². The zero-order valence-corrected chi connectivity index (χ0v) is 7.38. The standard InChI is InChI=1S/C10H18O/c1-8-3-2-4-9(5-8)6-10-7-11-10/h8-10H,2-7H2,1H3. The van der Waals surface area contributed by atoms with Crippen molar-refractivity contribution in [3.63, 3.8) is 0 Å². The first-order valence-electron chi connectivity index (χ1n) is 4.96. The van der Waals surface area contributed by atoms with Crippen molar-refractivity contribution in [3.05, 3.63) is 0 Å². The van der Waals surface area contributed by atoms with Gasteiger partial charge in [0, 0.05) is 0 Å². The molecule has 0 N–H and O–H groups in total. The van der Waals surface area contributed by atoms with Crippen molar-refractivity contribution in [2.75, 3.05) is 6.61 Å². The molecule has 3 unspecified atom stereocenters. The van der Waals surface area contributed by atoms with Crippen LogP contribution < -0.4 is 0 Å². The minimum Gasteiger partial charge on any atom is -0.373 e. The number of rotatable bonds is 2. The molecule has 1 aliphatic heterocycles. The zero-order valence-electron chi connectivity index (χ0n) is 7.38. The van der Waals surface area contributed by atoms with Crippen molar-refractivity contribution in [3.8, 4) is 0 Å². The first-order valence-corrected chi connectivity index (χ1v) is 4.96. The van der Waals surface area contributed by atoms with Crippen molar-refractivity contribution >= 4 is 0 Å². The van der Waals surface area contributed by atoms with E-state index in [1.165, 1.54) is 32.1 Å². The van der Waals surface area contributed by atoms with Crippen LogP contribution in [0.4, 0.5) is 0 Å². The summed E-state index contributed by atoms with van der Waals surface area (Å²) in [7, 11) is 0. The molecule has 2 rings (SSSR count). The van der Waals surface area contributed by atoms with Gasteiger partial charge in [0.25, 0.3) is 0 Å². The van der Waals surface area contributed by atoms with Gasteiger partial charge in [0.1, 0.15) is 0 Å². The number of hydrogen-bond donors (Lipinski definition) is 0. The Kier molecular flexibility index (Phi) is 2.17. The Labute approximate surface area is 69.1 Å². The van der Waals surface area contributed by atoms with E-state index in [1.54, 1.807) is 0 Å². The predicted molar refractivity (Wildman–Crippen MR) is 45.5 cm³/mol. The molecule has 0 amide bonds. The summed E-state index contributed by atoms with van der Waals surface area (Å²) in [4.78, 5) is 0. The molecular formula is C10H18O. The van der Waals surface area contributed by atoms with Gasteiger partial charge in [-0.05, 0) is 24.7 Å². The fraction of sp³-hybridized carbons (Fsp3) is 1.00. The van der Waals surface area contributed by atoms with Crippen molar-refractivity contribution in [2.45, 2.75) is 45.1 Å². The highest BCUT2D eigenvalue weighted by molar-refractivity contribution is 4.78. The molecule has 2 fully saturated rings. The van der Waals surface area contributed by atoms with Crippen LogP contribution in [0.3, 0.4) is 0 Å². The summed E-state index contributed by atoms with van der Waals surface area (Å²) < 4.78 is 5.25. The maximum absolute atomic E-state index is 5.25. The molecule has 0 radical (unpaired) electrons. The number of hydrogen-bond acceptors (Lipinski definition) is 1. The topological polar surface area (TPSA) is 12.5 Å². The molecule has 0 spiro atoms. The monoisotopic (exact) mass is 154 g/mol. The van der Waals surface area contributed by atoms with Crippen LogP contribution in [0.25, 0.3) is 0 Å². The molecule has 1 heteroatoms. The first-order chi connectivity index (χ1) is 5.34. The second kappa shape index (κ2) is 3.14. The van der Waals surface area contributed by atoms with Crippen LogP contribution in [0.5, 0.6) is 0 Å². The van der Waals surface area contributed by atoms with E-state index in [9.17, 15) is 0 Å². The molecule has 11 heavy (non-hydrogen) atoms. The molecule has 2 aliphatic rings. The van der Waals surface area contributed by atoms with Gasteiger partial charge in [-0.3, -0.25) is 0 Å². The van der Waals surface area contributed by atoms with Crippen LogP contribution in [0, 0.1) is 11.8 Å². The molecule has 0 aromatic rings. The summed E-state index contributed by atoms with van der Waals surface area (Å²) in [6.07, 6.45) is 7.85. The fourth-order valence-electron chi connectivity index (χ4n) is 2.35. The van der Waals surface area contributed by atoms with Crippen LogP contribution in [-0.2, 0) is 4.74 Å². The molecule has 0 bridgehead atoms. The Morgan fingerprint density at radius 1 is 1.36 bits per heavy atom. The van der Waals surface area contributed by atoms with Gasteiger partial charge in [0.05, 0.1) is 12.7 Å². The molecule has 1 nitrogen and oxygen atoms in total. The summed E-state index contributed by atoms with van der Waals surface area (Å²) >= 11 is 0. The third kappa shape index (κ3) is 2.19. The maximum Gasteiger partial charge on any atom is 0.0812 e. The molecule has 0 aromatic carbocycles. The lowest BCUT2D eigenvalue weighted by Gasteiger charge is -2.25. The van der Waals surface area contributed by atoms with E-state index in [0.717, 1.165) is 18.4 Å². The van der Waals surface area contributed by atoms with Gasteiger partial charge in [0.2, 0.25) is 0 Å². The van der Waals surface area contributed by atoms with Gasteiger partial charge in [-0.25, -0.2) is 0 Å². The molecule has 1 saturated heterocycles. The highest BCUT2D eigenvalue weighted by atomic mass is 16.6. The molecule has 1 heterocycles. The Bertz CT molecular complexity index is 127. The van der Waals surface area contributed by atoms with Gasteiger partial charge in [-0.2, -0.15) is 0 Å². The Balaban J connectivity index is 1.73. The van der Waals surface area contributed by atoms with Crippen LogP contribution in [-0.4, -0.2) is 12.7 Å². The molecule has 3 atom stereocenters. The first kappa shape index (κ1) is 7.60. The lowest BCUT2D eigenvalue weighted by atomic mass is 9.80. The predicted octanol–water partition coefficient (Wildman–Crippen LogP) is 2.60. The van der Waals surface area contributed by atoms with Gasteiger partial charge in [0.15, 0.2) is 0 Å². The number of ether oxygens (including phenoxy) is 1. The Morgan fingerprint density at radius 2 is 2.18 bits per heavy atom. The normalized spacial score (nSPS) is 43.9. The summed E-state index contributed by atoms with van der Waals surface area (Å²) in [6.45, 7) is 3.44. The second-order valence-corrected chi connectivity index (χ2v) is 4.33. The highest BCUT2D eigenvalue weighted by Crippen LogP contribution is 2.33. The van der Waals surface area contributed by atoms with Gasteiger partial charge in [-0.1, -0.05) is 26.2 Å². The largest absolute Gasteiger partial charge is 0.373 e. The zero-order chi connectivity index (χ0) is 7.68. The van der Waals surface area contributed by atoms with Crippen molar-refractivity contribution in [2.24, 2.45) is 11.8 Å². The average molecular weight is 154 g/mol. The van der Waals surface area contributed by atoms with Gasteiger partial charge >= 0.3 is 0 Å². The summed E-state index contributed by atoms with van der Waals surface area (Å²) in [5.41, 5.74) is 0. The Morgan fingerprint density at radius 3 is 2.82 bits per heavy atom. The van der Waals surface area contributed by atoms with E-state index >= 15 is 0 Å². The molecular weight excluding hydrogens is 136 g/mol. The lowest BCUT2D eigenvalue weighted by Crippen LogP contribution is -2.14. The summed E-state index contributed by atoms with van der Waals surface area (Å²) in [5.74, 6) is 1.97. The third-order valence-electron chi connectivity index (χ3n) is 3.04. The second-order valence-electron chi connectivity index (χ2n) is 4.33. The van der Waals surface area contributed by atoms with Crippen LogP contribution in [0.1, 0.15) is 39.0 Å². The minimum atomic E-state index is 0.658. The quantitative estimate of drug-likeness (QED) is 0.557. The van der Waals surface area contributed by atoms with Crippen LogP contribution >= 0.6 is 0 Å². The smallest absolute Gasteiger partial charge is 0.0812 e. The molecule has 64 valence electrons. The SMILES string of the molecule is CC1CCCC(CC2CO2)C1. The molecule has 0 aromatic heterocycles. The average Bonchev–Trinajstić information content (AvgIpc) is 2.71. The van der Waals surface area contributed by atoms with Gasteiger partial charge < -0.3 is 4.74 Å². The van der Waals surface area contributed by atoms with E-state index in [4.69, 9.17) is 4.74 Å².